The summed E-state index contributed by atoms with van der Waals surface area (Å²) in [6.45, 7) is 0.431. The molecule has 156 valence electrons. The number of halogens is 3. The molecule has 29 heavy (non-hydrogen) atoms. The van der Waals surface area contributed by atoms with Crippen LogP contribution in [-0.4, -0.2) is 26.8 Å². The van der Waals surface area contributed by atoms with Gasteiger partial charge >= 0.3 is 12.2 Å². The number of aromatic nitrogens is 2. The van der Waals surface area contributed by atoms with Crippen molar-refractivity contribution >= 4 is 11.7 Å². The van der Waals surface area contributed by atoms with E-state index in [1.165, 1.54) is 23.4 Å². The zero-order chi connectivity index (χ0) is 20.6. The first-order valence-electron chi connectivity index (χ1n) is 10.1. The number of carbonyl (C=O) groups excluding carboxylic acids is 1. The highest BCUT2D eigenvalue weighted by molar-refractivity contribution is 5.89. The number of alkyl halides is 3. The molecule has 0 spiro atoms. The normalized spacial score (nSPS) is 16.8. The van der Waals surface area contributed by atoms with Crippen molar-refractivity contribution < 1.29 is 18.0 Å². The largest absolute Gasteiger partial charge is 0.416 e. The molecule has 1 heterocycles. The van der Waals surface area contributed by atoms with E-state index in [1.807, 2.05) is 16.6 Å². The molecule has 2 aliphatic carbocycles. The van der Waals surface area contributed by atoms with Crippen LogP contribution in [0.15, 0.2) is 24.3 Å². The zero-order valence-corrected chi connectivity index (χ0v) is 16.4. The third-order valence-corrected chi connectivity index (χ3v) is 6.01. The predicted octanol–water partition coefficient (Wildman–Crippen LogP) is 4.90. The van der Waals surface area contributed by atoms with Crippen molar-refractivity contribution in [2.75, 3.05) is 5.32 Å². The summed E-state index contributed by atoms with van der Waals surface area (Å²) in [5.74, 6) is 0. The second kappa shape index (κ2) is 7.72. The van der Waals surface area contributed by atoms with Crippen LogP contribution in [0, 0.1) is 0 Å². The van der Waals surface area contributed by atoms with Gasteiger partial charge in [0, 0.05) is 24.5 Å². The van der Waals surface area contributed by atoms with Gasteiger partial charge in [-0.2, -0.15) is 18.3 Å². The Morgan fingerprint density at radius 3 is 2.52 bits per heavy atom. The fourth-order valence-corrected chi connectivity index (χ4v) is 4.51. The first kappa shape index (κ1) is 19.8. The van der Waals surface area contributed by atoms with E-state index in [0.29, 0.717) is 12.2 Å². The highest BCUT2D eigenvalue weighted by Crippen LogP contribution is 2.31. The molecule has 1 saturated carbocycles. The minimum Gasteiger partial charge on any atom is -0.316 e. The van der Waals surface area contributed by atoms with Crippen LogP contribution in [0.5, 0.6) is 0 Å². The Balaban J connectivity index is 1.52. The van der Waals surface area contributed by atoms with Crippen LogP contribution in [-0.2, 0) is 32.6 Å². The number of aryl methyl sites for hydroxylation is 1. The van der Waals surface area contributed by atoms with Crippen molar-refractivity contribution in [2.45, 2.75) is 63.7 Å². The first-order chi connectivity index (χ1) is 13.8. The van der Waals surface area contributed by atoms with E-state index in [-0.39, 0.29) is 12.1 Å². The lowest BCUT2D eigenvalue weighted by molar-refractivity contribution is -0.137. The van der Waals surface area contributed by atoms with Crippen molar-refractivity contribution in [2.24, 2.45) is 7.05 Å². The molecule has 1 fully saturated rings. The van der Waals surface area contributed by atoms with Gasteiger partial charge < -0.3 is 10.2 Å². The number of benzene rings is 1. The van der Waals surface area contributed by atoms with E-state index in [0.717, 1.165) is 62.8 Å². The number of rotatable bonds is 4. The Kier molecular flexibility index (Phi) is 5.27. The van der Waals surface area contributed by atoms with Gasteiger partial charge in [-0.05, 0) is 61.9 Å². The predicted molar refractivity (Wildman–Crippen MR) is 103 cm³/mol. The van der Waals surface area contributed by atoms with Crippen molar-refractivity contribution in [3.8, 4) is 0 Å². The molecule has 1 aromatic carbocycles. The number of amides is 2. The van der Waals surface area contributed by atoms with E-state index < -0.39 is 11.7 Å². The van der Waals surface area contributed by atoms with Gasteiger partial charge in [0.15, 0.2) is 0 Å². The lowest BCUT2D eigenvalue weighted by atomic mass is 10.1. The standard InChI is InChI=1S/C21H25F3N4O/c1-27-19-8-4-7-17(19)18(26-27)13-28(16-5-2-3-6-16)20(29)25-15-11-9-14(10-12-15)21(22,23)24/h9-12,16H,2-8,13H2,1H3,(H,25,29). The lowest BCUT2D eigenvalue weighted by Gasteiger charge is -2.29. The van der Waals surface area contributed by atoms with E-state index in [4.69, 9.17) is 0 Å². The maximum absolute atomic E-state index is 13.1. The molecule has 0 bridgehead atoms. The lowest BCUT2D eigenvalue weighted by Crippen LogP contribution is -2.41. The number of urea groups is 1. The summed E-state index contributed by atoms with van der Waals surface area (Å²) in [5, 5.41) is 7.42. The maximum Gasteiger partial charge on any atom is 0.416 e. The van der Waals surface area contributed by atoms with Crippen molar-refractivity contribution in [1.29, 1.82) is 0 Å². The number of fused-ring (bicyclic) bond motifs is 1. The highest BCUT2D eigenvalue weighted by Gasteiger charge is 2.32. The quantitative estimate of drug-likeness (QED) is 0.785. The average molecular weight is 406 g/mol. The van der Waals surface area contributed by atoms with Gasteiger partial charge in [-0.3, -0.25) is 4.68 Å². The van der Waals surface area contributed by atoms with Gasteiger partial charge in [-0.25, -0.2) is 4.79 Å². The van der Waals surface area contributed by atoms with Crippen LogP contribution in [0.2, 0.25) is 0 Å². The van der Waals surface area contributed by atoms with E-state index in [9.17, 15) is 18.0 Å². The summed E-state index contributed by atoms with van der Waals surface area (Å²) in [5.41, 5.74) is 3.06. The van der Waals surface area contributed by atoms with E-state index in [1.54, 1.807) is 0 Å². The fraction of sp³-hybridized carbons (Fsp3) is 0.524. The summed E-state index contributed by atoms with van der Waals surface area (Å²) in [6.07, 6.45) is 2.75. The van der Waals surface area contributed by atoms with Crippen LogP contribution in [0.3, 0.4) is 0 Å². The summed E-state index contributed by atoms with van der Waals surface area (Å²) in [7, 11) is 1.94. The molecular formula is C21H25F3N4O. The number of hydrogen-bond donors (Lipinski definition) is 1. The molecule has 0 radical (unpaired) electrons. The Hall–Kier alpha value is -2.51. The Morgan fingerprint density at radius 1 is 1.17 bits per heavy atom. The molecule has 1 aromatic heterocycles. The second-order valence-electron chi connectivity index (χ2n) is 7.92. The average Bonchev–Trinajstić information content (AvgIpc) is 3.40. The molecule has 1 N–H and O–H groups in total. The molecule has 0 unspecified atom stereocenters. The van der Waals surface area contributed by atoms with E-state index >= 15 is 0 Å². The molecule has 5 nitrogen and oxygen atoms in total. The van der Waals surface area contributed by atoms with Gasteiger partial charge in [0.25, 0.3) is 0 Å². The van der Waals surface area contributed by atoms with Crippen LogP contribution in [0.4, 0.5) is 23.7 Å². The molecule has 0 saturated heterocycles. The minimum absolute atomic E-state index is 0.128. The summed E-state index contributed by atoms with van der Waals surface area (Å²) < 4.78 is 40.2. The molecule has 8 heteroatoms. The van der Waals surface area contributed by atoms with Crippen LogP contribution < -0.4 is 5.32 Å². The Bertz CT molecular complexity index is 883. The SMILES string of the molecule is Cn1nc(CN(C(=O)Nc2ccc(C(F)(F)F)cc2)C2CCCC2)c2c1CCC2. The second-order valence-corrected chi connectivity index (χ2v) is 7.92. The van der Waals surface area contributed by atoms with Gasteiger partial charge in [0.1, 0.15) is 0 Å². The van der Waals surface area contributed by atoms with Gasteiger partial charge in [-0.1, -0.05) is 12.8 Å². The topological polar surface area (TPSA) is 50.2 Å². The van der Waals surface area contributed by atoms with Crippen LogP contribution in [0.25, 0.3) is 0 Å². The van der Waals surface area contributed by atoms with Gasteiger partial charge in [0.05, 0.1) is 17.8 Å². The minimum atomic E-state index is -4.39. The summed E-state index contributed by atoms with van der Waals surface area (Å²) in [6, 6.07) is 4.41. The van der Waals surface area contributed by atoms with E-state index in [2.05, 4.69) is 10.4 Å². The van der Waals surface area contributed by atoms with Crippen molar-refractivity contribution in [3.63, 3.8) is 0 Å². The maximum atomic E-state index is 13.1. The number of nitrogens with zero attached hydrogens (tertiary/aromatic N) is 3. The number of hydrogen-bond acceptors (Lipinski definition) is 2. The number of nitrogens with one attached hydrogen (secondary N) is 1. The van der Waals surface area contributed by atoms with Crippen molar-refractivity contribution in [3.05, 3.63) is 46.8 Å². The zero-order valence-electron chi connectivity index (χ0n) is 16.4. The van der Waals surface area contributed by atoms with Gasteiger partial charge in [-0.15, -0.1) is 0 Å². The van der Waals surface area contributed by atoms with Crippen LogP contribution in [0.1, 0.15) is 54.6 Å². The molecule has 0 atom stereocenters. The molecule has 2 aromatic rings. The monoisotopic (exact) mass is 406 g/mol. The molecule has 4 rings (SSSR count). The summed E-state index contributed by atoms with van der Waals surface area (Å²) in [4.78, 5) is 14.9. The smallest absolute Gasteiger partial charge is 0.316 e. The fourth-order valence-electron chi connectivity index (χ4n) is 4.51. The Labute approximate surface area is 167 Å². The number of carbonyl (C=O) groups is 1. The molecule has 2 aliphatic rings. The number of anilines is 1. The van der Waals surface area contributed by atoms with Gasteiger partial charge in [0.2, 0.25) is 0 Å². The summed E-state index contributed by atoms with van der Waals surface area (Å²) >= 11 is 0. The third-order valence-electron chi connectivity index (χ3n) is 6.01. The first-order valence-corrected chi connectivity index (χ1v) is 10.1. The van der Waals surface area contributed by atoms with Crippen LogP contribution >= 0.6 is 0 Å². The molecule has 2 amide bonds. The van der Waals surface area contributed by atoms with Crippen molar-refractivity contribution in [1.82, 2.24) is 14.7 Å². The molecule has 0 aliphatic heterocycles. The third kappa shape index (κ3) is 4.11. The highest BCUT2D eigenvalue weighted by atomic mass is 19.4. The Morgan fingerprint density at radius 2 is 1.86 bits per heavy atom. The molecular weight excluding hydrogens is 381 g/mol.